The Morgan fingerprint density at radius 2 is 1.78 bits per heavy atom. The van der Waals surface area contributed by atoms with Crippen LogP contribution in [0.15, 0.2) is 79.3 Å². The highest BCUT2D eigenvalue weighted by atomic mass is 35.5. The summed E-state index contributed by atoms with van der Waals surface area (Å²) in [5.41, 5.74) is 7.02. The maximum Gasteiger partial charge on any atom is 0.254 e. The number of halogens is 2. The molecule has 9 heteroatoms. The van der Waals surface area contributed by atoms with Crippen LogP contribution >= 0.6 is 23.2 Å². The minimum absolute atomic E-state index is 0.229. The molecule has 5 aromatic rings. The number of amides is 1. The molecule has 1 aliphatic carbocycles. The molecule has 0 radical (unpaired) electrons. The Bertz CT molecular complexity index is 1620. The molecule has 7 nitrogen and oxygen atoms in total. The zero-order chi connectivity index (χ0) is 28.2. The number of nitrogens with one attached hydrogen (secondary N) is 2. The quantitative estimate of drug-likeness (QED) is 0.201. The number of aryl methyl sites for hydroxylation is 1. The Balaban J connectivity index is 1.17. The molecule has 1 atom stereocenters. The second-order valence-electron chi connectivity index (χ2n) is 10.4. The van der Waals surface area contributed by atoms with E-state index in [1.54, 1.807) is 0 Å². The minimum Gasteiger partial charge on any atom is -0.348 e. The first-order valence-corrected chi connectivity index (χ1v) is 14.6. The van der Waals surface area contributed by atoms with E-state index in [2.05, 4.69) is 56.6 Å². The molecule has 41 heavy (non-hydrogen) atoms. The van der Waals surface area contributed by atoms with E-state index in [0.29, 0.717) is 6.54 Å². The number of fused-ring (bicyclic) bond motifs is 2. The van der Waals surface area contributed by atoms with Crippen LogP contribution in [0.5, 0.6) is 0 Å². The topological polar surface area (TPSA) is 86.8 Å². The molecule has 0 fully saturated rings. The van der Waals surface area contributed by atoms with Crippen LogP contribution in [-0.2, 0) is 25.9 Å². The van der Waals surface area contributed by atoms with Gasteiger partial charge in [0.05, 0.1) is 38.4 Å². The fourth-order valence-electron chi connectivity index (χ4n) is 5.55. The van der Waals surface area contributed by atoms with Crippen LogP contribution in [0.4, 0.5) is 0 Å². The van der Waals surface area contributed by atoms with Crippen LogP contribution in [0.3, 0.4) is 0 Å². The molecule has 0 saturated heterocycles. The predicted octanol–water partition coefficient (Wildman–Crippen LogP) is 6.71. The van der Waals surface area contributed by atoms with Crippen molar-refractivity contribution < 1.29 is 4.79 Å². The van der Waals surface area contributed by atoms with E-state index in [1.165, 1.54) is 29.2 Å². The van der Waals surface area contributed by atoms with Crippen molar-refractivity contribution in [3.8, 4) is 0 Å². The van der Waals surface area contributed by atoms with E-state index in [9.17, 15) is 4.79 Å². The lowest BCUT2D eigenvalue weighted by Crippen LogP contribution is -2.33. The van der Waals surface area contributed by atoms with Crippen LogP contribution in [0.1, 0.15) is 57.5 Å². The molecule has 1 aliphatic rings. The number of carbonyl (C=O) groups excluding carboxylic acids is 1. The standard InChI is InChI=1S/C32H30Cl2N6O/c33-24-18-35-19-25(34)30(24)32(41)37-17-21-10-12-22(13-11-21)20-40(28-9-3-5-23-6-4-15-36-31(23)28)16-14-29-38-26-7-1-2-8-27(26)39-29/h1-2,4,6-8,10-13,15,18-19,28H,3,5,9,14,16-17,20H2,(H,37,41)(H,38,39). The smallest absolute Gasteiger partial charge is 0.254 e. The number of hydrogen-bond acceptors (Lipinski definition) is 5. The summed E-state index contributed by atoms with van der Waals surface area (Å²) in [5, 5.41) is 3.36. The second kappa shape index (κ2) is 12.4. The molecule has 1 amide bonds. The highest BCUT2D eigenvalue weighted by Gasteiger charge is 2.27. The molecule has 2 N–H and O–H groups in total. The summed E-state index contributed by atoms with van der Waals surface area (Å²) < 4.78 is 0. The van der Waals surface area contributed by atoms with Crippen LogP contribution < -0.4 is 5.32 Å². The maximum absolute atomic E-state index is 12.7. The van der Waals surface area contributed by atoms with Crippen LogP contribution in [0.25, 0.3) is 11.0 Å². The first-order valence-electron chi connectivity index (χ1n) is 13.8. The first kappa shape index (κ1) is 27.4. The third-order valence-corrected chi connectivity index (χ3v) is 8.20. The van der Waals surface area contributed by atoms with Gasteiger partial charge >= 0.3 is 0 Å². The van der Waals surface area contributed by atoms with Gasteiger partial charge in [-0.25, -0.2) is 4.98 Å². The Morgan fingerprint density at radius 3 is 2.59 bits per heavy atom. The van der Waals surface area contributed by atoms with Crippen LogP contribution in [0, 0.1) is 0 Å². The van der Waals surface area contributed by atoms with Gasteiger partial charge in [-0.1, -0.05) is 65.7 Å². The molecule has 0 spiro atoms. The van der Waals surface area contributed by atoms with Crippen molar-refractivity contribution in [1.29, 1.82) is 0 Å². The lowest BCUT2D eigenvalue weighted by Gasteiger charge is -2.35. The van der Waals surface area contributed by atoms with Crippen LogP contribution in [0.2, 0.25) is 10.0 Å². The average molecular weight is 586 g/mol. The number of rotatable bonds is 9. The molecule has 1 unspecified atom stereocenters. The zero-order valence-electron chi connectivity index (χ0n) is 22.5. The highest BCUT2D eigenvalue weighted by Crippen LogP contribution is 2.34. The predicted molar refractivity (Wildman–Crippen MR) is 162 cm³/mol. The molecule has 208 valence electrons. The number of benzene rings is 2. The number of nitrogens with zero attached hydrogens (tertiary/aromatic N) is 4. The summed E-state index contributed by atoms with van der Waals surface area (Å²) in [5.74, 6) is 0.667. The Hall–Kier alpha value is -3.78. The highest BCUT2D eigenvalue weighted by molar-refractivity contribution is 6.39. The molecule has 0 aliphatic heterocycles. The van der Waals surface area contributed by atoms with E-state index in [0.717, 1.165) is 61.2 Å². The fourth-order valence-corrected chi connectivity index (χ4v) is 6.09. The molecule has 0 bridgehead atoms. The largest absolute Gasteiger partial charge is 0.348 e. The van der Waals surface area contributed by atoms with Gasteiger partial charge in [0.1, 0.15) is 5.82 Å². The monoisotopic (exact) mass is 584 g/mol. The summed E-state index contributed by atoms with van der Waals surface area (Å²) in [6, 6.07) is 21.0. The van der Waals surface area contributed by atoms with Gasteiger partial charge in [0.15, 0.2) is 0 Å². The SMILES string of the molecule is O=C(NCc1ccc(CN(CCc2nc3ccccc3[nH]2)C2CCCc3cccnc32)cc1)c1c(Cl)cncc1Cl. The van der Waals surface area contributed by atoms with Crippen molar-refractivity contribution in [2.45, 2.75) is 44.8 Å². The van der Waals surface area contributed by atoms with Crippen molar-refractivity contribution in [3.63, 3.8) is 0 Å². The van der Waals surface area contributed by atoms with Gasteiger partial charge < -0.3 is 10.3 Å². The molecule has 3 heterocycles. The molecular weight excluding hydrogens is 555 g/mol. The van der Waals surface area contributed by atoms with E-state index in [4.69, 9.17) is 33.2 Å². The summed E-state index contributed by atoms with van der Waals surface area (Å²) >= 11 is 12.3. The minimum atomic E-state index is -0.327. The Kier molecular flexibility index (Phi) is 8.28. The Labute approximate surface area is 249 Å². The summed E-state index contributed by atoms with van der Waals surface area (Å²) in [7, 11) is 0. The number of H-pyrrole nitrogens is 1. The third kappa shape index (κ3) is 6.27. The lowest BCUT2D eigenvalue weighted by atomic mass is 9.90. The van der Waals surface area contributed by atoms with E-state index < -0.39 is 0 Å². The normalized spacial score (nSPS) is 14.8. The number of aromatic nitrogens is 4. The number of aromatic amines is 1. The van der Waals surface area contributed by atoms with Crippen molar-refractivity contribution >= 4 is 40.1 Å². The van der Waals surface area contributed by atoms with Crippen molar-refractivity contribution in [2.24, 2.45) is 0 Å². The van der Waals surface area contributed by atoms with E-state index in [-0.39, 0.29) is 27.6 Å². The molecule has 0 saturated carbocycles. The number of carbonyl (C=O) groups is 1. The second-order valence-corrected chi connectivity index (χ2v) is 11.2. The number of hydrogen-bond donors (Lipinski definition) is 2. The van der Waals surface area contributed by atoms with Gasteiger partial charge in [-0.05, 0) is 54.2 Å². The molecule has 2 aromatic carbocycles. The van der Waals surface area contributed by atoms with Gasteiger partial charge in [0.2, 0.25) is 0 Å². The fraction of sp³-hybridized carbons (Fsp3) is 0.250. The lowest BCUT2D eigenvalue weighted by molar-refractivity contribution is 0.0951. The van der Waals surface area contributed by atoms with Gasteiger partial charge in [-0.2, -0.15) is 0 Å². The average Bonchev–Trinajstić information content (AvgIpc) is 3.42. The maximum atomic E-state index is 12.7. The third-order valence-electron chi connectivity index (χ3n) is 7.62. The summed E-state index contributed by atoms with van der Waals surface area (Å²) in [6.45, 7) is 2.01. The number of para-hydroxylation sites is 2. The van der Waals surface area contributed by atoms with E-state index in [1.807, 2.05) is 30.5 Å². The number of pyridine rings is 2. The zero-order valence-corrected chi connectivity index (χ0v) is 24.0. The van der Waals surface area contributed by atoms with Crippen molar-refractivity contribution in [3.05, 3.63) is 123 Å². The van der Waals surface area contributed by atoms with Gasteiger partial charge in [0, 0.05) is 44.6 Å². The summed E-state index contributed by atoms with van der Waals surface area (Å²) in [4.78, 5) is 32.2. The van der Waals surface area contributed by atoms with Crippen molar-refractivity contribution in [2.75, 3.05) is 6.54 Å². The van der Waals surface area contributed by atoms with Crippen LogP contribution in [-0.4, -0.2) is 37.3 Å². The van der Waals surface area contributed by atoms with Gasteiger partial charge in [0.25, 0.3) is 5.91 Å². The van der Waals surface area contributed by atoms with Gasteiger partial charge in [-0.15, -0.1) is 0 Å². The number of imidazole rings is 1. The first-order chi connectivity index (χ1) is 20.0. The summed E-state index contributed by atoms with van der Waals surface area (Å²) in [6.07, 6.45) is 8.85. The van der Waals surface area contributed by atoms with Gasteiger partial charge in [-0.3, -0.25) is 19.7 Å². The molecular formula is C32H30Cl2N6O. The molecule has 3 aromatic heterocycles. The Morgan fingerprint density at radius 1 is 1.00 bits per heavy atom. The molecule has 6 rings (SSSR count). The van der Waals surface area contributed by atoms with Crippen molar-refractivity contribution in [1.82, 2.24) is 30.2 Å². The van der Waals surface area contributed by atoms with E-state index >= 15 is 0 Å².